The van der Waals surface area contributed by atoms with Crippen LogP contribution in [0.1, 0.15) is 30.5 Å². The van der Waals surface area contributed by atoms with Gasteiger partial charge >= 0.3 is 6.03 Å². The smallest absolute Gasteiger partial charge is 0.315 e. The standard InChI is InChI=1S/C33H30BN5O2S/c34-18-13-14-26-23(15-18)24(16-39(26)28(40)12-6-5-11-27-31-25(17-42-27)35-33(41)38-31)32-36-29-21-9-3-1-7-19(21)20-8-2-4-10-22(20)30(29)37-32/h1-4,7-10,13-16,25,27,31H,5-6,11-12,17,34H2,(H,36,37)(H2,35,38,41). The minimum atomic E-state index is -0.0539. The zero-order valence-corrected chi connectivity index (χ0v) is 24.1. The summed E-state index contributed by atoms with van der Waals surface area (Å²) in [7, 11) is 2.08. The summed E-state index contributed by atoms with van der Waals surface area (Å²) in [5, 5.41) is 12.1. The molecule has 2 amide bonds. The number of imidazole rings is 1. The molecule has 0 bridgehead atoms. The second-order valence-corrected chi connectivity index (χ2v) is 12.9. The van der Waals surface area contributed by atoms with Crippen LogP contribution < -0.4 is 16.1 Å². The lowest BCUT2D eigenvalue weighted by molar-refractivity contribution is 0.0904. The van der Waals surface area contributed by atoms with Gasteiger partial charge in [0.25, 0.3) is 0 Å². The van der Waals surface area contributed by atoms with Gasteiger partial charge < -0.3 is 15.6 Å². The molecule has 2 aliphatic rings. The van der Waals surface area contributed by atoms with Crippen molar-refractivity contribution in [3.05, 3.63) is 72.9 Å². The number of benzene rings is 4. The van der Waals surface area contributed by atoms with E-state index in [1.54, 1.807) is 0 Å². The van der Waals surface area contributed by atoms with Gasteiger partial charge in [-0.3, -0.25) is 9.36 Å². The molecule has 2 aliphatic heterocycles. The number of hydrogen-bond donors (Lipinski definition) is 3. The summed E-state index contributed by atoms with van der Waals surface area (Å²) in [4.78, 5) is 34.1. The van der Waals surface area contributed by atoms with Crippen molar-refractivity contribution in [1.82, 2.24) is 25.2 Å². The van der Waals surface area contributed by atoms with E-state index in [4.69, 9.17) is 4.98 Å². The van der Waals surface area contributed by atoms with E-state index >= 15 is 0 Å². The van der Waals surface area contributed by atoms with Crippen LogP contribution >= 0.6 is 11.8 Å². The van der Waals surface area contributed by atoms with E-state index < -0.39 is 0 Å². The number of urea groups is 1. The van der Waals surface area contributed by atoms with Crippen LogP contribution in [-0.2, 0) is 0 Å². The Balaban J connectivity index is 1.11. The summed E-state index contributed by atoms with van der Waals surface area (Å²) < 4.78 is 1.81. The number of aromatic nitrogens is 3. The normalized spacial score (nSPS) is 20.0. The van der Waals surface area contributed by atoms with Crippen molar-refractivity contribution >= 4 is 80.5 Å². The maximum absolute atomic E-state index is 13.6. The minimum absolute atomic E-state index is 0.0539. The summed E-state index contributed by atoms with van der Waals surface area (Å²) >= 11 is 1.92. The van der Waals surface area contributed by atoms with E-state index in [-0.39, 0.29) is 24.0 Å². The van der Waals surface area contributed by atoms with E-state index in [9.17, 15) is 9.59 Å². The van der Waals surface area contributed by atoms with Crippen molar-refractivity contribution in [3.63, 3.8) is 0 Å². The number of nitrogens with one attached hydrogen (secondary N) is 3. The van der Waals surface area contributed by atoms with E-state index in [0.717, 1.165) is 74.6 Å². The quantitative estimate of drug-likeness (QED) is 0.112. The maximum Gasteiger partial charge on any atom is 0.315 e. The van der Waals surface area contributed by atoms with Crippen LogP contribution in [0.15, 0.2) is 72.9 Å². The summed E-state index contributed by atoms with van der Waals surface area (Å²) in [6.45, 7) is 0. The molecule has 4 heterocycles. The molecule has 9 heteroatoms. The summed E-state index contributed by atoms with van der Waals surface area (Å²) in [6, 6.07) is 23.5. The van der Waals surface area contributed by atoms with E-state index in [2.05, 4.69) is 84.1 Å². The fourth-order valence-electron chi connectivity index (χ4n) is 6.88. The van der Waals surface area contributed by atoms with Gasteiger partial charge in [-0.1, -0.05) is 72.5 Å². The van der Waals surface area contributed by atoms with E-state index in [1.807, 2.05) is 28.6 Å². The molecule has 3 N–H and O–H groups in total. The number of unbranched alkanes of at least 4 members (excludes halogenated alkanes) is 1. The number of rotatable bonds is 6. The topological polar surface area (TPSA) is 91.8 Å². The molecule has 2 fully saturated rings. The molecule has 208 valence electrons. The molecule has 6 aromatic rings. The molecule has 2 aromatic heterocycles. The van der Waals surface area contributed by atoms with Gasteiger partial charge in [-0.15, -0.1) is 0 Å². The second-order valence-electron chi connectivity index (χ2n) is 11.6. The maximum atomic E-state index is 13.6. The first-order valence-corrected chi connectivity index (χ1v) is 15.7. The zero-order valence-electron chi connectivity index (χ0n) is 23.3. The molecule has 3 unspecified atom stereocenters. The van der Waals surface area contributed by atoms with E-state index in [1.165, 1.54) is 10.8 Å². The molecular formula is C33H30BN5O2S. The third-order valence-electron chi connectivity index (χ3n) is 8.92. The third kappa shape index (κ3) is 4.09. The van der Waals surface area contributed by atoms with Crippen molar-refractivity contribution < 1.29 is 9.59 Å². The van der Waals surface area contributed by atoms with Gasteiger partial charge in [0.15, 0.2) is 0 Å². The molecule has 42 heavy (non-hydrogen) atoms. The molecule has 4 aromatic carbocycles. The van der Waals surface area contributed by atoms with Gasteiger partial charge in [-0.25, -0.2) is 9.78 Å². The third-order valence-corrected chi connectivity index (χ3v) is 10.4. The van der Waals surface area contributed by atoms with Crippen LogP contribution in [0.3, 0.4) is 0 Å². The Kier molecular flexibility index (Phi) is 6.03. The Bertz CT molecular complexity index is 1980. The summed E-state index contributed by atoms with van der Waals surface area (Å²) in [5.74, 6) is 1.82. The lowest BCUT2D eigenvalue weighted by Crippen LogP contribution is -2.36. The van der Waals surface area contributed by atoms with Gasteiger partial charge in [-0.05, 0) is 29.7 Å². The molecule has 0 spiro atoms. The predicted molar refractivity (Wildman–Crippen MR) is 175 cm³/mol. The fraction of sp³-hybridized carbons (Fsp3) is 0.242. The van der Waals surface area contributed by atoms with Crippen LogP contribution in [0.5, 0.6) is 0 Å². The predicted octanol–water partition coefficient (Wildman–Crippen LogP) is 5.12. The molecule has 8 rings (SSSR count). The van der Waals surface area contributed by atoms with Crippen LogP contribution in [0.25, 0.3) is 54.9 Å². The van der Waals surface area contributed by atoms with Crippen LogP contribution in [0.4, 0.5) is 4.79 Å². The number of hydrogen-bond acceptors (Lipinski definition) is 4. The lowest BCUT2D eigenvalue weighted by atomic mass is 9.94. The van der Waals surface area contributed by atoms with Gasteiger partial charge in [0.05, 0.1) is 28.6 Å². The molecule has 7 nitrogen and oxygen atoms in total. The van der Waals surface area contributed by atoms with Crippen molar-refractivity contribution in [2.75, 3.05) is 5.75 Å². The van der Waals surface area contributed by atoms with E-state index in [0.29, 0.717) is 11.7 Å². The van der Waals surface area contributed by atoms with Crippen LogP contribution in [-0.4, -0.2) is 57.4 Å². The average Bonchev–Trinajstić information content (AvgIpc) is 3.77. The second kappa shape index (κ2) is 9.95. The monoisotopic (exact) mass is 571 g/mol. The Hall–Kier alpha value is -4.24. The van der Waals surface area contributed by atoms with Crippen molar-refractivity contribution in [2.24, 2.45) is 0 Å². The highest BCUT2D eigenvalue weighted by molar-refractivity contribution is 8.00. The number of fused-ring (bicyclic) bond motifs is 8. The number of amides is 2. The zero-order chi connectivity index (χ0) is 28.4. The first-order valence-electron chi connectivity index (χ1n) is 14.7. The number of aromatic amines is 1. The number of carbonyl (C=O) groups is 2. The van der Waals surface area contributed by atoms with Crippen LogP contribution in [0.2, 0.25) is 0 Å². The fourth-order valence-corrected chi connectivity index (χ4v) is 8.42. The first kappa shape index (κ1) is 25.5. The highest BCUT2D eigenvalue weighted by atomic mass is 32.2. The Labute approximate surface area is 247 Å². The Morgan fingerprint density at radius 2 is 1.71 bits per heavy atom. The SMILES string of the molecule is Bc1ccc2c(c1)c(-c1nc3c4ccccc4c4ccccc4c3[nH]1)cn2C(=O)CCCCC1SCC2NC(=O)NC21. The number of carbonyl (C=O) groups excluding carboxylic acids is 2. The van der Waals surface area contributed by atoms with Gasteiger partial charge in [0.1, 0.15) is 13.7 Å². The molecule has 0 aliphatic carbocycles. The molecule has 3 atom stereocenters. The van der Waals surface area contributed by atoms with Crippen molar-refractivity contribution in [2.45, 2.75) is 43.0 Å². The van der Waals surface area contributed by atoms with Crippen molar-refractivity contribution in [1.29, 1.82) is 0 Å². The van der Waals surface area contributed by atoms with Gasteiger partial charge in [-0.2, -0.15) is 11.8 Å². The highest BCUT2D eigenvalue weighted by Gasteiger charge is 2.42. The molecule has 0 saturated carbocycles. The summed E-state index contributed by atoms with van der Waals surface area (Å²) in [6.07, 6.45) is 5.21. The minimum Gasteiger partial charge on any atom is -0.337 e. The molecule has 2 saturated heterocycles. The molecule has 0 radical (unpaired) electrons. The van der Waals surface area contributed by atoms with Crippen LogP contribution in [0, 0.1) is 0 Å². The van der Waals surface area contributed by atoms with Crippen molar-refractivity contribution in [3.8, 4) is 11.4 Å². The Morgan fingerprint density at radius 1 is 0.952 bits per heavy atom. The van der Waals surface area contributed by atoms with Gasteiger partial charge in [0.2, 0.25) is 5.91 Å². The Morgan fingerprint density at radius 3 is 2.55 bits per heavy atom. The van der Waals surface area contributed by atoms with Gasteiger partial charge in [0, 0.05) is 45.3 Å². The molecular weight excluding hydrogens is 541 g/mol. The summed E-state index contributed by atoms with van der Waals surface area (Å²) in [5.41, 5.74) is 4.94. The number of nitrogens with zero attached hydrogens (tertiary/aromatic N) is 2. The largest absolute Gasteiger partial charge is 0.337 e. The highest BCUT2D eigenvalue weighted by Crippen LogP contribution is 2.37. The first-order chi connectivity index (χ1) is 20.5. The number of H-pyrrole nitrogens is 1. The average molecular weight is 572 g/mol. The number of thioether (sulfide) groups is 1. The lowest BCUT2D eigenvalue weighted by Gasteiger charge is -2.16.